The van der Waals surface area contributed by atoms with Crippen LogP contribution in [0.1, 0.15) is 23.0 Å². The number of aromatic amines is 1. The number of thiazole rings is 1. The first-order valence-corrected chi connectivity index (χ1v) is 8.09. The lowest BCUT2D eigenvalue weighted by Crippen LogP contribution is -1.95. The molecule has 7 heteroatoms. The van der Waals surface area contributed by atoms with E-state index in [0.717, 1.165) is 33.9 Å². The molecule has 0 fully saturated rings. The van der Waals surface area contributed by atoms with Gasteiger partial charge in [-0.05, 0) is 12.1 Å². The molecule has 23 heavy (non-hydrogen) atoms. The summed E-state index contributed by atoms with van der Waals surface area (Å²) < 4.78 is 0. The van der Waals surface area contributed by atoms with Crippen LogP contribution in [0.25, 0.3) is 10.9 Å². The molecule has 0 bridgehead atoms. The summed E-state index contributed by atoms with van der Waals surface area (Å²) >= 11 is 1.43. The van der Waals surface area contributed by atoms with Crippen molar-refractivity contribution in [2.24, 2.45) is 0 Å². The van der Waals surface area contributed by atoms with Crippen LogP contribution in [0, 0.1) is 0 Å². The second kappa shape index (κ2) is 5.77. The van der Waals surface area contributed by atoms with E-state index >= 15 is 0 Å². The fraction of sp³-hybridized carbons (Fsp3) is 0.125. The maximum atomic E-state index is 5.64. The third kappa shape index (κ3) is 3.04. The second-order valence-corrected chi connectivity index (χ2v) is 6.11. The molecule has 0 saturated heterocycles. The van der Waals surface area contributed by atoms with Gasteiger partial charge in [-0.25, -0.2) is 9.97 Å². The number of nitrogens with one attached hydrogen (secondary N) is 1. The largest absolute Gasteiger partial charge is 0.375 e. The first-order valence-electron chi connectivity index (χ1n) is 7.21. The number of nitrogen functional groups attached to an aromatic ring is 1. The number of pyridine rings is 1. The molecule has 0 spiro atoms. The van der Waals surface area contributed by atoms with Crippen LogP contribution in [0.2, 0.25) is 0 Å². The van der Waals surface area contributed by atoms with E-state index in [0.29, 0.717) is 18.0 Å². The molecule has 0 radical (unpaired) electrons. The molecule has 3 heterocycles. The third-order valence-electron chi connectivity index (χ3n) is 3.49. The van der Waals surface area contributed by atoms with Crippen LogP contribution < -0.4 is 5.73 Å². The van der Waals surface area contributed by atoms with Gasteiger partial charge in [0.1, 0.15) is 5.82 Å². The van der Waals surface area contributed by atoms with Gasteiger partial charge >= 0.3 is 0 Å². The van der Waals surface area contributed by atoms with E-state index in [-0.39, 0.29) is 0 Å². The van der Waals surface area contributed by atoms with Crippen molar-refractivity contribution in [2.45, 2.75) is 12.8 Å². The third-order valence-corrected chi connectivity index (χ3v) is 4.21. The topological polar surface area (TPSA) is 93.4 Å². The van der Waals surface area contributed by atoms with E-state index in [1.807, 2.05) is 29.6 Å². The highest BCUT2D eigenvalue weighted by atomic mass is 32.1. The first kappa shape index (κ1) is 13.8. The smallest absolute Gasteiger partial charge is 0.180 e. The number of hydrogen-bond donors (Lipinski definition) is 2. The van der Waals surface area contributed by atoms with Crippen molar-refractivity contribution in [3.8, 4) is 0 Å². The van der Waals surface area contributed by atoms with Gasteiger partial charge in [-0.3, -0.25) is 10.1 Å². The van der Waals surface area contributed by atoms with Crippen molar-refractivity contribution in [1.29, 1.82) is 0 Å². The summed E-state index contributed by atoms with van der Waals surface area (Å²) in [6, 6.07) is 12.1. The highest BCUT2D eigenvalue weighted by molar-refractivity contribution is 7.13. The summed E-state index contributed by atoms with van der Waals surface area (Å²) in [5.41, 5.74) is 8.48. The Morgan fingerprint density at radius 1 is 0.957 bits per heavy atom. The van der Waals surface area contributed by atoms with Gasteiger partial charge in [0.2, 0.25) is 0 Å². The lowest BCUT2D eigenvalue weighted by molar-refractivity contribution is 0.940. The molecule has 1 aromatic carbocycles. The molecule has 0 aliphatic heterocycles. The summed E-state index contributed by atoms with van der Waals surface area (Å²) in [4.78, 5) is 13.4. The Kier molecular flexibility index (Phi) is 3.47. The fourth-order valence-corrected chi connectivity index (χ4v) is 3.00. The highest BCUT2D eigenvalue weighted by Gasteiger charge is 2.08. The van der Waals surface area contributed by atoms with E-state index in [4.69, 9.17) is 5.73 Å². The van der Waals surface area contributed by atoms with Crippen LogP contribution in [0.4, 0.5) is 5.13 Å². The van der Waals surface area contributed by atoms with Crippen LogP contribution in [-0.4, -0.2) is 25.1 Å². The minimum atomic E-state index is 0.570. The molecule has 3 N–H and O–H groups in total. The Morgan fingerprint density at radius 2 is 1.87 bits per heavy atom. The molecule has 0 unspecified atom stereocenters. The highest BCUT2D eigenvalue weighted by Crippen LogP contribution is 2.15. The van der Waals surface area contributed by atoms with E-state index in [1.54, 1.807) is 0 Å². The number of anilines is 1. The van der Waals surface area contributed by atoms with Crippen molar-refractivity contribution < 1.29 is 0 Å². The Bertz CT molecular complexity index is 958. The van der Waals surface area contributed by atoms with Crippen molar-refractivity contribution in [2.75, 3.05) is 5.73 Å². The number of fused-ring (bicyclic) bond motifs is 1. The average molecular weight is 322 g/mol. The average Bonchev–Trinajstić information content (AvgIpc) is 3.17. The Morgan fingerprint density at radius 3 is 2.74 bits per heavy atom. The SMILES string of the molecule is Nc1nc(Cc2nc(Cc3ccc4ccccc4n3)n[nH]2)cs1. The van der Waals surface area contributed by atoms with E-state index < -0.39 is 0 Å². The second-order valence-electron chi connectivity index (χ2n) is 5.22. The van der Waals surface area contributed by atoms with E-state index in [2.05, 4.69) is 37.3 Å². The van der Waals surface area contributed by atoms with Crippen LogP contribution in [-0.2, 0) is 12.8 Å². The first-order chi connectivity index (χ1) is 11.3. The minimum Gasteiger partial charge on any atom is -0.375 e. The van der Waals surface area contributed by atoms with Crippen LogP contribution in [0.15, 0.2) is 41.8 Å². The molecule has 0 atom stereocenters. The van der Waals surface area contributed by atoms with Crippen molar-refractivity contribution in [3.05, 3.63) is 64.8 Å². The number of nitrogens with zero attached hydrogens (tertiary/aromatic N) is 4. The number of aromatic nitrogens is 5. The van der Waals surface area contributed by atoms with Gasteiger partial charge < -0.3 is 5.73 Å². The molecule has 4 aromatic rings. The molecule has 0 aliphatic carbocycles. The van der Waals surface area contributed by atoms with Crippen LogP contribution in [0.5, 0.6) is 0 Å². The molecule has 0 saturated carbocycles. The van der Waals surface area contributed by atoms with Gasteiger partial charge in [0.15, 0.2) is 11.0 Å². The molecule has 6 nitrogen and oxygen atoms in total. The molecular formula is C16H14N6S. The molecule has 0 aliphatic rings. The van der Waals surface area contributed by atoms with E-state index in [1.165, 1.54) is 11.3 Å². The predicted octanol–water partition coefficient (Wildman–Crippen LogP) is 2.57. The van der Waals surface area contributed by atoms with Gasteiger partial charge in [0.05, 0.1) is 24.1 Å². The summed E-state index contributed by atoms with van der Waals surface area (Å²) in [6.45, 7) is 0. The summed E-state index contributed by atoms with van der Waals surface area (Å²) in [5, 5.41) is 10.9. The lowest BCUT2D eigenvalue weighted by atomic mass is 10.2. The standard InChI is InChI=1S/C16H14N6S/c17-16-19-12(9-23-16)8-15-20-14(21-22-15)7-11-6-5-10-3-1-2-4-13(10)18-11/h1-6,9H,7-8H2,(H2,17,19)(H,20,21,22). The maximum absolute atomic E-state index is 5.64. The van der Waals surface area contributed by atoms with Gasteiger partial charge in [0.25, 0.3) is 0 Å². The predicted molar refractivity (Wildman–Crippen MR) is 90.3 cm³/mol. The van der Waals surface area contributed by atoms with Crippen LogP contribution in [0.3, 0.4) is 0 Å². The Balaban J connectivity index is 1.52. The number of H-pyrrole nitrogens is 1. The normalized spacial score (nSPS) is 11.1. The molecule has 0 amide bonds. The fourth-order valence-electron chi connectivity index (χ4n) is 2.44. The summed E-state index contributed by atoms with van der Waals surface area (Å²) in [6.07, 6.45) is 1.20. The van der Waals surface area contributed by atoms with Gasteiger partial charge in [-0.15, -0.1) is 11.3 Å². The van der Waals surface area contributed by atoms with Gasteiger partial charge in [-0.1, -0.05) is 24.3 Å². The van der Waals surface area contributed by atoms with Gasteiger partial charge in [-0.2, -0.15) is 5.10 Å². The Hall–Kier alpha value is -2.80. The number of para-hydroxylation sites is 1. The van der Waals surface area contributed by atoms with Gasteiger partial charge in [0, 0.05) is 16.5 Å². The lowest BCUT2D eigenvalue weighted by Gasteiger charge is -2.00. The van der Waals surface area contributed by atoms with Crippen molar-refractivity contribution in [3.63, 3.8) is 0 Å². The zero-order valence-corrected chi connectivity index (χ0v) is 13.0. The maximum Gasteiger partial charge on any atom is 0.180 e. The quantitative estimate of drug-likeness (QED) is 0.602. The van der Waals surface area contributed by atoms with E-state index in [9.17, 15) is 0 Å². The molecular weight excluding hydrogens is 308 g/mol. The summed E-state index contributed by atoms with van der Waals surface area (Å²) in [5.74, 6) is 1.51. The molecule has 3 aromatic heterocycles. The molecule has 114 valence electrons. The van der Waals surface area contributed by atoms with Crippen molar-refractivity contribution >= 4 is 27.4 Å². The van der Waals surface area contributed by atoms with Crippen LogP contribution >= 0.6 is 11.3 Å². The number of rotatable bonds is 4. The number of nitrogens with two attached hydrogens (primary N) is 1. The zero-order chi connectivity index (χ0) is 15.6. The number of hydrogen-bond acceptors (Lipinski definition) is 6. The number of benzene rings is 1. The summed E-state index contributed by atoms with van der Waals surface area (Å²) in [7, 11) is 0. The van der Waals surface area contributed by atoms with Crippen molar-refractivity contribution in [1.82, 2.24) is 25.1 Å². The monoisotopic (exact) mass is 322 g/mol. The zero-order valence-electron chi connectivity index (χ0n) is 12.2. The minimum absolute atomic E-state index is 0.570. The Labute approximate surface area is 136 Å². The molecule has 4 rings (SSSR count).